The molecule has 3 nitrogen and oxygen atoms in total. The number of likely N-dealkylation sites (tertiary alicyclic amines) is 1. The van der Waals surface area contributed by atoms with E-state index in [0.29, 0.717) is 13.1 Å². The summed E-state index contributed by atoms with van der Waals surface area (Å²) in [6.07, 6.45) is 1.09. The SMILES string of the molecule is CC(O)C1CCN(C(=O)c2cc(F)c(Cl)cc2Cl)CC1. The molecule has 0 aliphatic carbocycles. The van der Waals surface area contributed by atoms with Crippen LogP contribution in [0.5, 0.6) is 0 Å². The number of halogens is 3. The molecule has 1 unspecified atom stereocenters. The topological polar surface area (TPSA) is 40.5 Å². The number of hydrogen-bond acceptors (Lipinski definition) is 2. The first-order valence-electron chi connectivity index (χ1n) is 6.52. The summed E-state index contributed by atoms with van der Waals surface area (Å²) in [5.74, 6) is -0.746. The highest BCUT2D eigenvalue weighted by Crippen LogP contribution is 2.27. The number of rotatable bonds is 2. The van der Waals surface area contributed by atoms with Crippen LogP contribution in [-0.2, 0) is 0 Å². The third-order valence-electron chi connectivity index (χ3n) is 3.75. The number of piperidine rings is 1. The Hall–Kier alpha value is -0.840. The minimum Gasteiger partial charge on any atom is -0.393 e. The molecule has 0 bridgehead atoms. The number of aliphatic hydroxyl groups excluding tert-OH is 1. The lowest BCUT2D eigenvalue weighted by Gasteiger charge is -2.33. The molecular weight excluding hydrogens is 304 g/mol. The third kappa shape index (κ3) is 3.25. The number of aliphatic hydroxyl groups is 1. The molecule has 1 heterocycles. The molecule has 1 aliphatic heterocycles. The van der Waals surface area contributed by atoms with Gasteiger partial charge in [-0.25, -0.2) is 4.39 Å². The van der Waals surface area contributed by atoms with Gasteiger partial charge in [0, 0.05) is 13.1 Å². The van der Waals surface area contributed by atoms with Crippen LogP contribution in [-0.4, -0.2) is 35.1 Å². The Labute approximate surface area is 127 Å². The highest BCUT2D eigenvalue weighted by atomic mass is 35.5. The molecule has 2 rings (SSSR count). The summed E-state index contributed by atoms with van der Waals surface area (Å²) in [5.41, 5.74) is 0.129. The molecule has 1 aromatic carbocycles. The van der Waals surface area contributed by atoms with Crippen molar-refractivity contribution in [2.24, 2.45) is 5.92 Å². The molecule has 1 aliphatic rings. The van der Waals surface area contributed by atoms with E-state index in [-0.39, 0.29) is 33.5 Å². The highest BCUT2D eigenvalue weighted by Gasteiger charge is 2.27. The van der Waals surface area contributed by atoms with Crippen LogP contribution < -0.4 is 0 Å². The largest absolute Gasteiger partial charge is 0.393 e. The van der Waals surface area contributed by atoms with E-state index in [1.165, 1.54) is 6.07 Å². The molecule has 0 saturated carbocycles. The van der Waals surface area contributed by atoms with Crippen LogP contribution in [0.3, 0.4) is 0 Å². The van der Waals surface area contributed by atoms with Crippen molar-refractivity contribution in [3.05, 3.63) is 33.6 Å². The maximum absolute atomic E-state index is 13.5. The number of amides is 1. The number of carbonyl (C=O) groups is 1. The minimum absolute atomic E-state index is 0.0978. The number of carbonyl (C=O) groups excluding carboxylic acids is 1. The highest BCUT2D eigenvalue weighted by molar-refractivity contribution is 6.36. The molecule has 1 amide bonds. The van der Waals surface area contributed by atoms with E-state index in [0.717, 1.165) is 18.9 Å². The van der Waals surface area contributed by atoms with Crippen molar-refractivity contribution in [3.8, 4) is 0 Å². The zero-order valence-corrected chi connectivity index (χ0v) is 12.6. The van der Waals surface area contributed by atoms with Crippen LogP contribution in [0.1, 0.15) is 30.1 Å². The van der Waals surface area contributed by atoms with Crippen LogP contribution in [0.4, 0.5) is 4.39 Å². The van der Waals surface area contributed by atoms with E-state index < -0.39 is 5.82 Å². The number of hydrogen-bond donors (Lipinski definition) is 1. The molecule has 0 aromatic heterocycles. The predicted molar refractivity (Wildman–Crippen MR) is 76.7 cm³/mol. The monoisotopic (exact) mass is 319 g/mol. The summed E-state index contributed by atoms with van der Waals surface area (Å²) in [5, 5.41) is 9.60. The van der Waals surface area contributed by atoms with Crippen molar-refractivity contribution in [3.63, 3.8) is 0 Å². The second-order valence-electron chi connectivity index (χ2n) is 5.12. The van der Waals surface area contributed by atoms with Gasteiger partial charge in [0.2, 0.25) is 0 Å². The molecule has 1 atom stereocenters. The van der Waals surface area contributed by atoms with Gasteiger partial charge in [0.15, 0.2) is 0 Å². The van der Waals surface area contributed by atoms with Crippen LogP contribution in [0.25, 0.3) is 0 Å². The Morgan fingerprint density at radius 3 is 2.50 bits per heavy atom. The van der Waals surface area contributed by atoms with Gasteiger partial charge in [-0.05, 0) is 37.8 Å². The van der Waals surface area contributed by atoms with Crippen LogP contribution >= 0.6 is 23.2 Å². The predicted octanol–water partition coefficient (Wildman–Crippen LogP) is 3.37. The Kier molecular flexibility index (Phi) is 4.89. The third-order valence-corrected chi connectivity index (χ3v) is 4.35. The molecule has 0 radical (unpaired) electrons. The van der Waals surface area contributed by atoms with Gasteiger partial charge in [0.05, 0.1) is 21.7 Å². The summed E-state index contributed by atoms with van der Waals surface area (Å²) in [7, 11) is 0. The molecule has 1 aromatic rings. The van der Waals surface area contributed by atoms with E-state index in [1.807, 2.05) is 0 Å². The lowest BCUT2D eigenvalue weighted by molar-refractivity contribution is 0.0521. The molecule has 1 saturated heterocycles. The van der Waals surface area contributed by atoms with Crippen LogP contribution in [0.2, 0.25) is 10.0 Å². The summed E-state index contributed by atoms with van der Waals surface area (Å²) >= 11 is 11.6. The standard InChI is InChI=1S/C14H16Cl2FNO2/c1-8(19)9-2-4-18(5-3-9)14(20)10-6-13(17)12(16)7-11(10)15/h6-9,19H,2-5H2,1H3. The average Bonchev–Trinajstić information content (AvgIpc) is 2.42. The Balaban J connectivity index is 2.11. The van der Waals surface area contributed by atoms with Gasteiger partial charge in [-0.2, -0.15) is 0 Å². The van der Waals surface area contributed by atoms with Gasteiger partial charge in [-0.15, -0.1) is 0 Å². The minimum atomic E-state index is -0.654. The fourth-order valence-corrected chi connectivity index (χ4v) is 2.91. The van der Waals surface area contributed by atoms with Gasteiger partial charge in [-0.3, -0.25) is 4.79 Å². The average molecular weight is 320 g/mol. The molecule has 0 spiro atoms. The molecule has 6 heteroatoms. The smallest absolute Gasteiger partial charge is 0.255 e. The summed E-state index contributed by atoms with van der Waals surface area (Å²) in [4.78, 5) is 14.0. The fraction of sp³-hybridized carbons (Fsp3) is 0.500. The second kappa shape index (κ2) is 6.29. The lowest BCUT2D eigenvalue weighted by Crippen LogP contribution is -2.40. The molecule has 1 fully saturated rings. The van der Waals surface area contributed by atoms with Gasteiger partial charge < -0.3 is 10.0 Å². The van der Waals surface area contributed by atoms with Crippen molar-refractivity contribution in [1.29, 1.82) is 0 Å². The normalized spacial score (nSPS) is 18.1. The Morgan fingerprint density at radius 2 is 1.95 bits per heavy atom. The van der Waals surface area contributed by atoms with E-state index in [1.54, 1.807) is 11.8 Å². The van der Waals surface area contributed by atoms with E-state index in [9.17, 15) is 14.3 Å². The van der Waals surface area contributed by atoms with Crippen molar-refractivity contribution < 1.29 is 14.3 Å². The Bertz CT molecular complexity index is 514. The first-order chi connectivity index (χ1) is 9.40. The van der Waals surface area contributed by atoms with Crippen molar-refractivity contribution in [2.75, 3.05) is 13.1 Å². The first kappa shape index (κ1) is 15.5. The van der Waals surface area contributed by atoms with Crippen molar-refractivity contribution >= 4 is 29.1 Å². The van der Waals surface area contributed by atoms with Crippen molar-refractivity contribution in [1.82, 2.24) is 4.90 Å². The fourth-order valence-electron chi connectivity index (χ4n) is 2.44. The molecule has 110 valence electrons. The van der Waals surface area contributed by atoms with Crippen molar-refractivity contribution in [2.45, 2.75) is 25.9 Å². The number of benzene rings is 1. The summed E-state index contributed by atoms with van der Waals surface area (Å²) in [6, 6.07) is 2.32. The van der Waals surface area contributed by atoms with Gasteiger partial charge in [0.25, 0.3) is 5.91 Å². The van der Waals surface area contributed by atoms with E-state index in [4.69, 9.17) is 23.2 Å². The number of nitrogens with zero attached hydrogens (tertiary/aromatic N) is 1. The molecular formula is C14H16Cl2FNO2. The van der Waals surface area contributed by atoms with Crippen LogP contribution in [0.15, 0.2) is 12.1 Å². The lowest BCUT2D eigenvalue weighted by atomic mass is 9.92. The van der Waals surface area contributed by atoms with Gasteiger partial charge in [0.1, 0.15) is 5.82 Å². The van der Waals surface area contributed by atoms with Gasteiger partial charge in [-0.1, -0.05) is 23.2 Å². The zero-order chi connectivity index (χ0) is 14.9. The molecule has 20 heavy (non-hydrogen) atoms. The summed E-state index contributed by atoms with van der Waals surface area (Å²) < 4.78 is 13.5. The Morgan fingerprint density at radius 1 is 1.35 bits per heavy atom. The van der Waals surface area contributed by atoms with E-state index >= 15 is 0 Å². The summed E-state index contributed by atoms with van der Waals surface area (Å²) in [6.45, 7) is 2.83. The maximum Gasteiger partial charge on any atom is 0.255 e. The van der Waals surface area contributed by atoms with E-state index in [2.05, 4.69) is 0 Å². The van der Waals surface area contributed by atoms with Crippen LogP contribution in [0, 0.1) is 11.7 Å². The first-order valence-corrected chi connectivity index (χ1v) is 7.27. The quantitative estimate of drug-likeness (QED) is 0.849. The second-order valence-corrected chi connectivity index (χ2v) is 5.93. The van der Waals surface area contributed by atoms with Gasteiger partial charge >= 0.3 is 0 Å². The zero-order valence-electron chi connectivity index (χ0n) is 11.1. The maximum atomic E-state index is 13.5. The molecule has 1 N–H and O–H groups in total.